The molecule has 0 unspecified atom stereocenters. The molecule has 0 aliphatic carbocycles. The largest absolute Gasteiger partial charge is 0.476 e. The second-order valence-corrected chi connectivity index (χ2v) is 3.48. The third-order valence-corrected chi connectivity index (χ3v) is 2.00. The van der Waals surface area contributed by atoms with E-state index in [9.17, 15) is 0 Å². The average Bonchev–Trinajstić information content (AvgIpc) is 2.17. The molecule has 0 radical (unpaired) electrons. The van der Waals surface area contributed by atoms with Crippen molar-refractivity contribution in [3.63, 3.8) is 0 Å². The summed E-state index contributed by atoms with van der Waals surface area (Å²) in [5.74, 6) is 0.416. The van der Waals surface area contributed by atoms with Crippen molar-refractivity contribution in [3.8, 4) is 11.9 Å². The van der Waals surface area contributed by atoms with E-state index in [4.69, 9.17) is 10.00 Å². The van der Waals surface area contributed by atoms with Crippen LogP contribution in [0.4, 0.5) is 0 Å². The van der Waals surface area contributed by atoms with Crippen LogP contribution in [-0.2, 0) is 0 Å². The smallest absolute Gasteiger partial charge is 0.231 e. The highest BCUT2D eigenvalue weighted by molar-refractivity contribution is 5.43. The lowest BCUT2D eigenvalue weighted by Crippen LogP contribution is -2.02. The Labute approximate surface area is 90.0 Å². The molecule has 0 bridgehead atoms. The number of hydrogen-bond donors (Lipinski definition) is 0. The molecular weight excluding hydrogens is 188 g/mol. The summed E-state index contributed by atoms with van der Waals surface area (Å²) in [4.78, 5) is 4.03. The number of nitriles is 1. The maximum atomic E-state index is 8.92. The van der Waals surface area contributed by atoms with E-state index in [0.29, 0.717) is 18.1 Å². The highest BCUT2D eigenvalue weighted by Gasteiger charge is 2.06. The Morgan fingerprint density at radius 1 is 1.67 bits per heavy atom. The summed E-state index contributed by atoms with van der Waals surface area (Å²) in [6.45, 7) is 8.10. The fourth-order valence-corrected chi connectivity index (χ4v) is 1.10. The summed E-state index contributed by atoms with van der Waals surface area (Å²) in [5, 5.41) is 8.92. The fourth-order valence-electron chi connectivity index (χ4n) is 1.10. The van der Waals surface area contributed by atoms with Crippen LogP contribution in [0.5, 0.6) is 5.88 Å². The number of hydrogen-bond acceptors (Lipinski definition) is 3. The Bertz CT molecular complexity index is 405. The van der Waals surface area contributed by atoms with E-state index in [1.807, 2.05) is 13.8 Å². The third kappa shape index (κ3) is 3.10. The van der Waals surface area contributed by atoms with Crippen LogP contribution in [0.25, 0.3) is 0 Å². The third-order valence-electron chi connectivity index (χ3n) is 2.00. The van der Waals surface area contributed by atoms with Gasteiger partial charge in [-0.1, -0.05) is 5.57 Å². The number of ether oxygens (including phenoxy) is 1. The van der Waals surface area contributed by atoms with Crippen LogP contribution in [0, 0.1) is 18.3 Å². The lowest BCUT2D eigenvalue weighted by Gasteiger charge is -2.07. The van der Waals surface area contributed by atoms with Gasteiger partial charge in [-0.25, -0.2) is 4.98 Å². The molecule has 1 rings (SSSR count). The van der Waals surface area contributed by atoms with Gasteiger partial charge in [0.25, 0.3) is 0 Å². The van der Waals surface area contributed by atoms with Gasteiger partial charge in [0.2, 0.25) is 5.88 Å². The quantitative estimate of drug-likeness (QED) is 0.705. The van der Waals surface area contributed by atoms with Crippen molar-refractivity contribution in [2.24, 2.45) is 0 Å². The molecule has 1 aromatic heterocycles. The Kier molecular flexibility index (Phi) is 3.87. The van der Waals surface area contributed by atoms with Crippen molar-refractivity contribution >= 4 is 0 Å². The molecule has 0 saturated heterocycles. The first-order valence-electron chi connectivity index (χ1n) is 4.78. The fraction of sp³-hybridized carbons (Fsp3) is 0.333. The van der Waals surface area contributed by atoms with Crippen LogP contribution in [0.15, 0.2) is 24.4 Å². The maximum Gasteiger partial charge on any atom is 0.231 e. The van der Waals surface area contributed by atoms with Crippen LogP contribution in [-0.4, -0.2) is 11.6 Å². The topological polar surface area (TPSA) is 45.9 Å². The molecule has 0 saturated carbocycles. The summed E-state index contributed by atoms with van der Waals surface area (Å²) >= 11 is 0. The molecule has 15 heavy (non-hydrogen) atoms. The first kappa shape index (κ1) is 11.3. The minimum atomic E-state index is 0.416. The summed E-state index contributed by atoms with van der Waals surface area (Å²) in [6, 6.07) is 3.89. The number of nitrogens with zero attached hydrogens (tertiary/aromatic N) is 2. The van der Waals surface area contributed by atoms with E-state index < -0.39 is 0 Å². The van der Waals surface area contributed by atoms with Crippen molar-refractivity contribution < 1.29 is 4.74 Å². The van der Waals surface area contributed by atoms with Gasteiger partial charge in [-0.05, 0) is 25.5 Å². The van der Waals surface area contributed by atoms with E-state index in [1.165, 1.54) is 0 Å². The van der Waals surface area contributed by atoms with Gasteiger partial charge in [0.1, 0.15) is 11.6 Å². The van der Waals surface area contributed by atoms with Crippen molar-refractivity contribution in [3.05, 3.63) is 35.5 Å². The van der Waals surface area contributed by atoms with Crippen LogP contribution in [0.2, 0.25) is 0 Å². The van der Waals surface area contributed by atoms with E-state index in [0.717, 1.165) is 17.6 Å². The van der Waals surface area contributed by atoms with E-state index in [-0.39, 0.29) is 0 Å². The second kappa shape index (κ2) is 5.16. The first-order valence-corrected chi connectivity index (χ1v) is 4.78. The van der Waals surface area contributed by atoms with Crippen LogP contribution < -0.4 is 4.74 Å². The number of rotatable bonds is 4. The van der Waals surface area contributed by atoms with Gasteiger partial charge in [-0.15, -0.1) is 6.58 Å². The summed E-state index contributed by atoms with van der Waals surface area (Å²) in [6.07, 6.45) is 2.42. The number of pyridine rings is 1. The van der Waals surface area contributed by atoms with Gasteiger partial charge < -0.3 is 4.74 Å². The maximum absolute atomic E-state index is 8.92. The van der Waals surface area contributed by atoms with Crippen molar-refractivity contribution in [2.75, 3.05) is 6.61 Å². The Hall–Kier alpha value is -1.82. The van der Waals surface area contributed by atoms with E-state index in [1.54, 1.807) is 12.3 Å². The summed E-state index contributed by atoms with van der Waals surface area (Å²) in [7, 11) is 0. The minimum Gasteiger partial charge on any atom is -0.476 e. The first-order chi connectivity index (χ1) is 7.15. The molecule has 0 N–H and O–H groups in total. The molecule has 3 heteroatoms. The normalized spacial score (nSPS) is 9.40. The molecule has 0 amide bonds. The zero-order valence-electron chi connectivity index (χ0n) is 9.08. The van der Waals surface area contributed by atoms with Crippen molar-refractivity contribution in [1.82, 2.24) is 4.98 Å². The van der Waals surface area contributed by atoms with E-state index in [2.05, 4.69) is 17.6 Å². The van der Waals surface area contributed by atoms with Crippen LogP contribution in [0.1, 0.15) is 24.5 Å². The molecule has 0 aliphatic rings. The van der Waals surface area contributed by atoms with Crippen molar-refractivity contribution in [2.45, 2.75) is 20.3 Å². The van der Waals surface area contributed by atoms with Gasteiger partial charge in [0.15, 0.2) is 0 Å². The predicted molar refractivity (Wildman–Crippen MR) is 58.6 cm³/mol. The van der Waals surface area contributed by atoms with Crippen LogP contribution in [0.3, 0.4) is 0 Å². The molecule has 1 heterocycles. The molecule has 78 valence electrons. The Morgan fingerprint density at radius 2 is 2.40 bits per heavy atom. The second-order valence-electron chi connectivity index (χ2n) is 3.48. The monoisotopic (exact) mass is 202 g/mol. The molecule has 0 atom stereocenters. The number of aromatic nitrogens is 1. The SMILES string of the molecule is C=C(C)CCOc1nccc(C)c1C#N. The van der Waals surface area contributed by atoms with Gasteiger partial charge in [-0.2, -0.15) is 5.26 Å². The number of aryl methyl sites for hydroxylation is 1. The highest BCUT2D eigenvalue weighted by atomic mass is 16.5. The van der Waals surface area contributed by atoms with Gasteiger partial charge in [0, 0.05) is 12.6 Å². The lowest BCUT2D eigenvalue weighted by atomic mass is 10.2. The Morgan fingerprint density at radius 3 is 3.00 bits per heavy atom. The van der Waals surface area contributed by atoms with E-state index >= 15 is 0 Å². The zero-order valence-corrected chi connectivity index (χ0v) is 9.08. The molecule has 0 spiro atoms. The van der Waals surface area contributed by atoms with Gasteiger partial charge in [0.05, 0.1) is 6.61 Å². The standard InChI is InChI=1S/C12H14N2O/c1-9(2)5-7-15-12-11(8-13)10(3)4-6-14-12/h4,6H,1,5,7H2,2-3H3. The molecule has 3 nitrogen and oxygen atoms in total. The molecule has 1 aromatic rings. The summed E-state index contributed by atoms with van der Waals surface area (Å²) < 4.78 is 5.43. The van der Waals surface area contributed by atoms with Crippen molar-refractivity contribution in [1.29, 1.82) is 5.26 Å². The Balaban J connectivity index is 2.73. The predicted octanol–water partition coefficient (Wildman–Crippen LogP) is 2.61. The minimum absolute atomic E-state index is 0.416. The molecule has 0 aliphatic heterocycles. The van der Waals surface area contributed by atoms with Crippen LogP contribution >= 0.6 is 0 Å². The molecular formula is C12H14N2O. The zero-order chi connectivity index (χ0) is 11.3. The van der Waals surface area contributed by atoms with Gasteiger partial charge in [-0.3, -0.25) is 0 Å². The van der Waals surface area contributed by atoms with Gasteiger partial charge >= 0.3 is 0 Å². The average molecular weight is 202 g/mol. The highest BCUT2D eigenvalue weighted by Crippen LogP contribution is 2.17. The lowest BCUT2D eigenvalue weighted by molar-refractivity contribution is 0.308. The molecule has 0 fully saturated rings. The molecule has 0 aromatic carbocycles. The summed E-state index contributed by atoms with van der Waals surface area (Å²) in [5.41, 5.74) is 2.46.